The van der Waals surface area contributed by atoms with Crippen molar-refractivity contribution in [1.82, 2.24) is 15.2 Å². The van der Waals surface area contributed by atoms with Crippen molar-refractivity contribution in [3.63, 3.8) is 0 Å². The molecule has 34 heavy (non-hydrogen) atoms. The van der Waals surface area contributed by atoms with Gasteiger partial charge in [-0.25, -0.2) is 4.98 Å². The Labute approximate surface area is 196 Å². The van der Waals surface area contributed by atoms with Gasteiger partial charge in [0, 0.05) is 36.3 Å². The Morgan fingerprint density at radius 2 is 1.88 bits per heavy atom. The van der Waals surface area contributed by atoms with E-state index in [0.29, 0.717) is 31.5 Å². The molecule has 0 radical (unpaired) electrons. The predicted octanol–water partition coefficient (Wildman–Crippen LogP) is 3.50. The van der Waals surface area contributed by atoms with Crippen molar-refractivity contribution >= 4 is 11.7 Å². The average molecular weight is 475 g/mol. The summed E-state index contributed by atoms with van der Waals surface area (Å²) in [5.74, 6) is 0.152. The summed E-state index contributed by atoms with van der Waals surface area (Å²) < 4.78 is 38.4. The lowest BCUT2D eigenvalue weighted by molar-refractivity contribution is -0.144. The van der Waals surface area contributed by atoms with Crippen molar-refractivity contribution in [2.24, 2.45) is 5.92 Å². The Balaban J connectivity index is 1.28. The van der Waals surface area contributed by atoms with Crippen LogP contribution in [0.1, 0.15) is 48.0 Å². The van der Waals surface area contributed by atoms with Gasteiger partial charge in [-0.15, -0.1) is 0 Å². The fourth-order valence-electron chi connectivity index (χ4n) is 5.70. The van der Waals surface area contributed by atoms with E-state index in [9.17, 15) is 23.1 Å². The van der Waals surface area contributed by atoms with Crippen LogP contribution in [0.3, 0.4) is 0 Å². The number of piperidine rings is 1. The Bertz CT molecular complexity index is 1070. The molecule has 2 atom stereocenters. The molecular weight excluding hydrogens is 445 g/mol. The molecule has 2 heterocycles. The molecule has 3 aliphatic rings. The zero-order valence-corrected chi connectivity index (χ0v) is 18.8. The van der Waals surface area contributed by atoms with Crippen molar-refractivity contribution < 1.29 is 23.1 Å². The molecule has 1 saturated heterocycles. The number of nitrogens with one attached hydrogen (secondary N) is 1. The number of carbonyl (C=O) groups is 1. The molecule has 4 N–H and O–H groups in total. The summed E-state index contributed by atoms with van der Waals surface area (Å²) in [7, 11) is 0. The minimum absolute atomic E-state index is 0.00677. The van der Waals surface area contributed by atoms with Gasteiger partial charge in [0.15, 0.2) is 0 Å². The van der Waals surface area contributed by atoms with Gasteiger partial charge in [0.05, 0.1) is 18.2 Å². The number of nitrogen functional groups attached to an aromatic ring is 1. The third-order valence-electron chi connectivity index (χ3n) is 7.61. The van der Waals surface area contributed by atoms with E-state index in [1.165, 1.54) is 4.90 Å². The SMILES string of the molecule is Nc1ncc(-c2ccc(C34CC3CN(CC(F)(F)F)C4)cc2)cc1C(=O)NC1CCC(O)CC1. The lowest BCUT2D eigenvalue weighted by Crippen LogP contribution is -2.38. The van der Waals surface area contributed by atoms with Crippen LogP contribution < -0.4 is 11.1 Å². The second-order valence-corrected chi connectivity index (χ2v) is 10.1. The molecule has 2 aliphatic carbocycles. The molecule has 2 unspecified atom stereocenters. The molecule has 2 aromatic rings. The highest BCUT2D eigenvalue weighted by molar-refractivity contribution is 5.99. The number of nitrogens with zero attached hydrogens (tertiary/aromatic N) is 2. The molecule has 1 aromatic carbocycles. The number of anilines is 1. The maximum Gasteiger partial charge on any atom is 0.401 e. The first kappa shape index (κ1) is 23.1. The zero-order valence-electron chi connectivity index (χ0n) is 18.8. The van der Waals surface area contributed by atoms with E-state index in [1.54, 1.807) is 12.3 Å². The monoisotopic (exact) mass is 474 g/mol. The van der Waals surface area contributed by atoms with Crippen molar-refractivity contribution in [2.45, 2.75) is 55.8 Å². The number of benzene rings is 1. The van der Waals surface area contributed by atoms with Crippen LogP contribution in [-0.4, -0.2) is 58.9 Å². The second kappa shape index (κ2) is 8.53. The Hall–Kier alpha value is -2.65. The Morgan fingerprint density at radius 1 is 1.18 bits per heavy atom. The minimum Gasteiger partial charge on any atom is -0.393 e. The highest BCUT2D eigenvalue weighted by Crippen LogP contribution is 2.59. The summed E-state index contributed by atoms with van der Waals surface area (Å²) in [6.07, 6.45) is 0.863. The van der Waals surface area contributed by atoms with E-state index in [4.69, 9.17) is 5.73 Å². The van der Waals surface area contributed by atoms with Gasteiger partial charge >= 0.3 is 6.18 Å². The van der Waals surface area contributed by atoms with Crippen molar-refractivity contribution in [3.8, 4) is 11.1 Å². The largest absolute Gasteiger partial charge is 0.401 e. The fraction of sp³-hybridized carbons (Fsp3) is 0.520. The van der Waals surface area contributed by atoms with Crippen molar-refractivity contribution in [2.75, 3.05) is 25.4 Å². The van der Waals surface area contributed by atoms with Crippen LogP contribution in [0.15, 0.2) is 36.5 Å². The first-order chi connectivity index (χ1) is 16.1. The number of amides is 1. The molecule has 1 aromatic heterocycles. The molecule has 9 heteroatoms. The number of halogens is 3. The van der Waals surface area contributed by atoms with E-state index < -0.39 is 12.7 Å². The third-order valence-corrected chi connectivity index (χ3v) is 7.61. The van der Waals surface area contributed by atoms with Crippen LogP contribution in [0.2, 0.25) is 0 Å². The molecule has 5 rings (SSSR count). The number of aromatic nitrogens is 1. The van der Waals surface area contributed by atoms with Crippen LogP contribution >= 0.6 is 0 Å². The number of carbonyl (C=O) groups excluding carboxylic acids is 1. The highest BCUT2D eigenvalue weighted by Gasteiger charge is 2.61. The smallest absolute Gasteiger partial charge is 0.393 e. The number of fused-ring (bicyclic) bond motifs is 1. The predicted molar refractivity (Wildman–Crippen MR) is 122 cm³/mol. The zero-order chi connectivity index (χ0) is 24.1. The lowest BCUT2D eigenvalue weighted by atomic mass is 9.92. The molecule has 1 aliphatic heterocycles. The van der Waals surface area contributed by atoms with Gasteiger partial charge in [-0.3, -0.25) is 9.69 Å². The van der Waals surface area contributed by atoms with Crippen LogP contribution in [0.25, 0.3) is 11.1 Å². The topological polar surface area (TPSA) is 91.5 Å². The standard InChI is InChI=1S/C25H29F3N4O2/c26-25(27,28)14-32-12-18-10-24(18,13-32)17-3-1-15(2-4-17)16-9-21(22(29)30-11-16)23(34)31-19-5-7-20(33)8-6-19/h1-4,9,11,18-20,33H,5-8,10,12-14H2,(H2,29,30)(H,31,34). The van der Waals surface area contributed by atoms with Gasteiger partial charge in [0.1, 0.15) is 5.82 Å². The van der Waals surface area contributed by atoms with Crippen LogP contribution in [0, 0.1) is 5.92 Å². The lowest BCUT2D eigenvalue weighted by Gasteiger charge is -2.26. The summed E-state index contributed by atoms with van der Waals surface area (Å²) in [6, 6.07) is 9.56. The molecule has 1 amide bonds. The second-order valence-electron chi connectivity index (χ2n) is 10.1. The maximum atomic E-state index is 12.8. The van der Waals surface area contributed by atoms with E-state index in [1.807, 2.05) is 24.3 Å². The third kappa shape index (κ3) is 4.63. The molecule has 6 nitrogen and oxygen atoms in total. The van der Waals surface area contributed by atoms with Gasteiger partial charge in [-0.05, 0) is 55.2 Å². The van der Waals surface area contributed by atoms with Gasteiger partial charge in [0.25, 0.3) is 5.91 Å². The summed E-state index contributed by atoms with van der Waals surface area (Å²) in [5, 5.41) is 12.7. The number of likely N-dealkylation sites (tertiary alicyclic amines) is 1. The van der Waals surface area contributed by atoms with Crippen LogP contribution in [0.5, 0.6) is 0 Å². The minimum atomic E-state index is -4.17. The molecule has 0 spiro atoms. The fourth-order valence-corrected chi connectivity index (χ4v) is 5.70. The van der Waals surface area contributed by atoms with Crippen molar-refractivity contribution in [3.05, 3.63) is 47.7 Å². The molecule has 2 saturated carbocycles. The summed E-state index contributed by atoms with van der Waals surface area (Å²) in [4.78, 5) is 18.5. The Morgan fingerprint density at radius 3 is 2.56 bits per heavy atom. The maximum absolute atomic E-state index is 12.8. The van der Waals surface area contributed by atoms with Crippen molar-refractivity contribution in [1.29, 1.82) is 0 Å². The first-order valence-electron chi connectivity index (χ1n) is 11.8. The summed E-state index contributed by atoms with van der Waals surface area (Å²) in [5.41, 5.74) is 8.80. The van der Waals surface area contributed by atoms with Gasteiger partial charge in [0.2, 0.25) is 0 Å². The number of pyridine rings is 1. The number of rotatable bonds is 5. The van der Waals surface area contributed by atoms with Gasteiger partial charge in [-0.2, -0.15) is 13.2 Å². The normalized spacial score (nSPS) is 29.0. The van der Waals surface area contributed by atoms with Crippen LogP contribution in [0.4, 0.5) is 19.0 Å². The number of hydrogen-bond donors (Lipinski definition) is 3. The molecule has 3 fully saturated rings. The first-order valence-corrected chi connectivity index (χ1v) is 11.8. The molecule has 0 bridgehead atoms. The summed E-state index contributed by atoms with van der Waals surface area (Å²) >= 11 is 0. The van der Waals surface area contributed by atoms with Crippen LogP contribution in [-0.2, 0) is 5.41 Å². The Kier molecular flexibility index (Phi) is 5.80. The number of aliphatic hydroxyl groups excluding tert-OH is 1. The average Bonchev–Trinajstić information content (AvgIpc) is 3.36. The summed E-state index contributed by atoms with van der Waals surface area (Å²) in [6.45, 7) is 0.0662. The molecular formula is C25H29F3N4O2. The molecule has 182 valence electrons. The number of hydrogen-bond acceptors (Lipinski definition) is 5. The highest BCUT2D eigenvalue weighted by atomic mass is 19.4. The van der Waals surface area contributed by atoms with E-state index in [-0.39, 0.29) is 35.2 Å². The number of nitrogens with two attached hydrogens (primary N) is 1. The quantitative estimate of drug-likeness (QED) is 0.617. The van der Waals surface area contributed by atoms with E-state index in [2.05, 4.69) is 10.3 Å². The number of aliphatic hydroxyl groups is 1. The van der Waals surface area contributed by atoms with Gasteiger partial charge < -0.3 is 16.2 Å². The van der Waals surface area contributed by atoms with E-state index in [0.717, 1.165) is 36.0 Å². The van der Waals surface area contributed by atoms with Gasteiger partial charge in [-0.1, -0.05) is 24.3 Å². The van der Waals surface area contributed by atoms with E-state index >= 15 is 0 Å². The number of alkyl halides is 3.